The van der Waals surface area contributed by atoms with E-state index in [4.69, 9.17) is 0 Å². The van der Waals surface area contributed by atoms with Gasteiger partial charge in [-0.25, -0.2) is 17.2 Å². The summed E-state index contributed by atoms with van der Waals surface area (Å²) in [6.07, 6.45) is 0.270. The van der Waals surface area contributed by atoms with Crippen LogP contribution in [0.2, 0.25) is 0 Å². The zero-order chi connectivity index (χ0) is 24.8. The Labute approximate surface area is 204 Å². The van der Waals surface area contributed by atoms with Gasteiger partial charge in [-0.05, 0) is 29.3 Å². The number of piperazine rings is 1. The van der Waals surface area contributed by atoms with E-state index in [1.165, 1.54) is 4.31 Å². The molecule has 0 atom stereocenters. The molecule has 1 aliphatic heterocycles. The van der Waals surface area contributed by atoms with Crippen molar-refractivity contribution < 1.29 is 22.0 Å². The van der Waals surface area contributed by atoms with Gasteiger partial charge in [-0.1, -0.05) is 60.7 Å². The number of amides is 1. The van der Waals surface area contributed by atoms with Crippen LogP contribution in [0.25, 0.3) is 0 Å². The molecule has 0 spiro atoms. The number of rotatable bonds is 8. The van der Waals surface area contributed by atoms with Gasteiger partial charge in [0, 0.05) is 39.1 Å². The van der Waals surface area contributed by atoms with E-state index in [1.54, 1.807) is 0 Å². The Morgan fingerprint density at radius 1 is 0.829 bits per heavy atom. The minimum absolute atomic E-state index is 0.0976. The van der Waals surface area contributed by atoms with E-state index < -0.39 is 21.7 Å². The highest BCUT2D eigenvalue weighted by atomic mass is 32.2. The summed E-state index contributed by atoms with van der Waals surface area (Å²) in [6.45, 7) is 1.79. The van der Waals surface area contributed by atoms with Crippen LogP contribution in [0.5, 0.6) is 0 Å². The number of benzene rings is 3. The van der Waals surface area contributed by atoms with E-state index in [9.17, 15) is 22.0 Å². The monoisotopic (exact) mass is 499 g/mol. The average Bonchev–Trinajstić information content (AvgIpc) is 2.89. The summed E-state index contributed by atoms with van der Waals surface area (Å²) in [5, 5.41) is 3.12. The van der Waals surface area contributed by atoms with Crippen LogP contribution in [0.4, 0.5) is 8.78 Å². The lowest BCUT2D eigenvalue weighted by molar-refractivity contribution is -0.122. The summed E-state index contributed by atoms with van der Waals surface area (Å²) in [5.74, 6) is -2.38. The van der Waals surface area contributed by atoms with Crippen LogP contribution in [0.3, 0.4) is 0 Å². The number of carbonyl (C=O) groups is 1. The molecule has 0 unspecified atom stereocenters. The molecule has 3 aromatic carbocycles. The molecule has 1 amide bonds. The van der Waals surface area contributed by atoms with Crippen molar-refractivity contribution >= 4 is 15.9 Å². The summed E-state index contributed by atoms with van der Waals surface area (Å²) in [6, 6.07) is 21.8. The van der Waals surface area contributed by atoms with Gasteiger partial charge in [0.05, 0.1) is 10.9 Å². The SMILES string of the molecule is O=C(CCN1CCN(S(=O)(=O)c2ccc(F)c(F)c2)CC1)NC(c1ccccc1)c1ccccc1. The van der Waals surface area contributed by atoms with E-state index in [-0.39, 0.29) is 36.4 Å². The second-order valence-electron chi connectivity index (χ2n) is 8.39. The maximum atomic E-state index is 13.5. The highest BCUT2D eigenvalue weighted by Gasteiger charge is 2.29. The van der Waals surface area contributed by atoms with Crippen molar-refractivity contribution in [2.45, 2.75) is 17.4 Å². The first-order valence-electron chi connectivity index (χ1n) is 11.4. The van der Waals surface area contributed by atoms with Crippen LogP contribution in [0.1, 0.15) is 23.6 Å². The zero-order valence-electron chi connectivity index (χ0n) is 19.1. The Balaban J connectivity index is 1.32. The van der Waals surface area contributed by atoms with Gasteiger partial charge in [0.1, 0.15) is 0 Å². The van der Waals surface area contributed by atoms with Crippen molar-refractivity contribution in [2.75, 3.05) is 32.7 Å². The third kappa shape index (κ3) is 6.11. The molecule has 0 aliphatic carbocycles. The molecule has 1 heterocycles. The minimum atomic E-state index is -3.91. The standard InChI is InChI=1S/C26H27F2N3O3S/c27-23-12-11-22(19-24(23)28)35(33,34)31-17-15-30(16-18-31)14-13-25(32)29-26(20-7-3-1-4-8-20)21-9-5-2-6-10-21/h1-12,19,26H,13-18H2,(H,29,32). The maximum Gasteiger partial charge on any atom is 0.243 e. The molecule has 0 radical (unpaired) electrons. The number of nitrogens with one attached hydrogen (secondary N) is 1. The summed E-state index contributed by atoms with van der Waals surface area (Å²) in [5.41, 5.74) is 1.98. The highest BCUT2D eigenvalue weighted by molar-refractivity contribution is 7.89. The van der Waals surface area contributed by atoms with Gasteiger partial charge in [-0.15, -0.1) is 0 Å². The van der Waals surface area contributed by atoms with Crippen molar-refractivity contribution in [1.82, 2.24) is 14.5 Å². The maximum absolute atomic E-state index is 13.5. The summed E-state index contributed by atoms with van der Waals surface area (Å²) >= 11 is 0. The lowest BCUT2D eigenvalue weighted by atomic mass is 9.98. The van der Waals surface area contributed by atoms with Gasteiger partial charge in [0.25, 0.3) is 0 Å². The first-order valence-corrected chi connectivity index (χ1v) is 12.9. The second-order valence-corrected chi connectivity index (χ2v) is 10.3. The Kier molecular flexibility index (Phi) is 7.90. The minimum Gasteiger partial charge on any atom is -0.345 e. The van der Waals surface area contributed by atoms with E-state index in [0.717, 1.165) is 23.3 Å². The summed E-state index contributed by atoms with van der Waals surface area (Å²) in [4.78, 5) is 14.6. The van der Waals surface area contributed by atoms with Crippen molar-refractivity contribution in [1.29, 1.82) is 0 Å². The molecule has 1 saturated heterocycles. The van der Waals surface area contributed by atoms with Gasteiger partial charge in [0.15, 0.2) is 11.6 Å². The predicted molar refractivity (Wildman–Crippen MR) is 129 cm³/mol. The molecule has 1 fully saturated rings. The molecular weight excluding hydrogens is 472 g/mol. The van der Waals surface area contributed by atoms with Crippen LogP contribution in [-0.4, -0.2) is 56.3 Å². The first-order chi connectivity index (χ1) is 16.8. The molecule has 9 heteroatoms. The predicted octanol–water partition coefficient (Wildman–Crippen LogP) is 3.57. The van der Waals surface area contributed by atoms with Crippen LogP contribution in [0.15, 0.2) is 83.8 Å². The van der Waals surface area contributed by atoms with E-state index in [1.807, 2.05) is 65.6 Å². The molecule has 4 rings (SSSR count). The van der Waals surface area contributed by atoms with Gasteiger partial charge in [0.2, 0.25) is 15.9 Å². The Bertz CT molecular complexity index is 1210. The van der Waals surface area contributed by atoms with Crippen LogP contribution >= 0.6 is 0 Å². The lowest BCUT2D eigenvalue weighted by Gasteiger charge is -2.34. The number of halogens is 2. The van der Waals surface area contributed by atoms with Gasteiger partial charge in [-0.3, -0.25) is 4.79 Å². The van der Waals surface area contributed by atoms with E-state index >= 15 is 0 Å². The average molecular weight is 500 g/mol. The van der Waals surface area contributed by atoms with Crippen molar-refractivity contribution in [3.05, 3.63) is 102 Å². The molecular formula is C26H27F2N3O3S. The van der Waals surface area contributed by atoms with Gasteiger partial charge < -0.3 is 10.2 Å². The fourth-order valence-corrected chi connectivity index (χ4v) is 5.56. The third-order valence-electron chi connectivity index (χ3n) is 6.09. The van der Waals surface area contributed by atoms with Crippen molar-refractivity contribution in [2.24, 2.45) is 0 Å². The molecule has 0 aromatic heterocycles. The molecule has 1 aliphatic rings. The zero-order valence-corrected chi connectivity index (χ0v) is 19.9. The van der Waals surface area contributed by atoms with E-state index in [2.05, 4.69) is 5.32 Å². The third-order valence-corrected chi connectivity index (χ3v) is 7.98. The largest absolute Gasteiger partial charge is 0.345 e. The normalized spacial score (nSPS) is 15.3. The Morgan fingerprint density at radius 2 is 1.40 bits per heavy atom. The number of nitrogens with zero attached hydrogens (tertiary/aromatic N) is 2. The molecule has 3 aromatic rings. The molecule has 184 valence electrons. The number of hydrogen-bond donors (Lipinski definition) is 1. The highest BCUT2D eigenvalue weighted by Crippen LogP contribution is 2.22. The topological polar surface area (TPSA) is 69.7 Å². The molecule has 0 saturated carbocycles. The molecule has 0 bridgehead atoms. The fraction of sp³-hybridized carbons (Fsp3) is 0.269. The smallest absolute Gasteiger partial charge is 0.243 e. The van der Waals surface area contributed by atoms with Crippen LogP contribution < -0.4 is 5.32 Å². The van der Waals surface area contributed by atoms with Crippen molar-refractivity contribution in [3.63, 3.8) is 0 Å². The molecule has 1 N–H and O–H groups in total. The van der Waals surface area contributed by atoms with Crippen molar-refractivity contribution in [3.8, 4) is 0 Å². The second kappa shape index (κ2) is 11.1. The molecule has 6 nitrogen and oxygen atoms in total. The fourth-order valence-electron chi connectivity index (χ4n) is 4.12. The first kappa shape index (κ1) is 25.0. The Morgan fingerprint density at radius 3 is 1.94 bits per heavy atom. The summed E-state index contributed by atoms with van der Waals surface area (Å²) in [7, 11) is -3.91. The van der Waals surface area contributed by atoms with Gasteiger partial charge >= 0.3 is 0 Å². The number of sulfonamides is 1. The number of carbonyl (C=O) groups excluding carboxylic acids is 1. The lowest BCUT2D eigenvalue weighted by Crippen LogP contribution is -2.49. The number of hydrogen-bond acceptors (Lipinski definition) is 4. The van der Waals surface area contributed by atoms with E-state index in [0.29, 0.717) is 25.7 Å². The quantitative estimate of drug-likeness (QED) is 0.515. The van der Waals surface area contributed by atoms with Gasteiger partial charge in [-0.2, -0.15) is 4.31 Å². The van der Waals surface area contributed by atoms with Crippen LogP contribution in [0, 0.1) is 11.6 Å². The molecule has 35 heavy (non-hydrogen) atoms. The van der Waals surface area contributed by atoms with Crippen LogP contribution in [-0.2, 0) is 14.8 Å². The summed E-state index contributed by atoms with van der Waals surface area (Å²) < 4.78 is 53.5. The Hall–Kier alpha value is -3.14.